The molecule has 0 radical (unpaired) electrons. The fraction of sp³-hybridized carbons (Fsp3) is 0.467. The molecule has 0 bridgehead atoms. The van der Waals surface area contributed by atoms with E-state index in [1.165, 1.54) is 6.07 Å². The molecule has 0 spiro atoms. The number of urea groups is 1. The summed E-state index contributed by atoms with van der Waals surface area (Å²) >= 11 is 0. The maximum atomic E-state index is 12.0. The van der Waals surface area contributed by atoms with Crippen molar-refractivity contribution in [2.75, 3.05) is 13.1 Å². The number of rotatable bonds is 3. The van der Waals surface area contributed by atoms with Gasteiger partial charge in [-0.3, -0.25) is 0 Å². The van der Waals surface area contributed by atoms with E-state index in [0.717, 1.165) is 25.1 Å². The van der Waals surface area contributed by atoms with Gasteiger partial charge in [0.15, 0.2) is 0 Å². The Hall–Kier alpha value is -2.04. The van der Waals surface area contributed by atoms with Gasteiger partial charge in [0, 0.05) is 19.6 Å². The molecule has 0 atom stereocenters. The highest BCUT2D eigenvalue weighted by atomic mass is 16.4. The fourth-order valence-corrected chi connectivity index (χ4v) is 2.39. The number of carbonyl (C=O) groups is 2. The van der Waals surface area contributed by atoms with Gasteiger partial charge in [-0.25, -0.2) is 9.59 Å². The first-order valence-corrected chi connectivity index (χ1v) is 6.72. The highest BCUT2D eigenvalue weighted by Gasteiger charge is 2.31. The summed E-state index contributed by atoms with van der Waals surface area (Å²) in [5.74, 6) is -0.959. The highest BCUT2D eigenvalue weighted by molar-refractivity contribution is 5.87. The van der Waals surface area contributed by atoms with E-state index in [1.807, 2.05) is 0 Å². The zero-order valence-corrected chi connectivity index (χ0v) is 11.8. The van der Waals surface area contributed by atoms with Gasteiger partial charge in [0.1, 0.15) is 0 Å². The van der Waals surface area contributed by atoms with Crippen molar-refractivity contribution in [3.63, 3.8) is 0 Å². The second-order valence-corrected chi connectivity index (χ2v) is 6.00. The molecule has 0 aromatic heterocycles. The van der Waals surface area contributed by atoms with E-state index < -0.39 is 5.97 Å². The standard InChI is InChI=1S/C15H20N2O3/c1-15(2)6-7-17(10-15)14(20)16-9-11-4-3-5-12(8-11)13(18)19/h3-5,8H,6-7,9-10H2,1-2H3,(H,16,20)(H,18,19). The summed E-state index contributed by atoms with van der Waals surface area (Å²) in [4.78, 5) is 24.7. The molecule has 2 N–H and O–H groups in total. The van der Waals surface area contributed by atoms with E-state index in [0.29, 0.717) is 6.54 Å². The van der Waals surface area contributed by atoms with Gasteiger partial charge in [-0.1, -0.05) is 26.0 Å². The Morgan fingerprint density at radius 3 is 2.75 bits per heavy atom. The number of carbonyl (C=O) groups excluding carboxylic acids is 1. The van der Waals surface area contributed by atoms with Crippen LogP contribution in [0.3, 0.4) is 0 Å². The molecule has 5 nitrogen and oxygen atoms in total. The van der Waals surface area contributed by atoms with Crippen molar-refractivity contribution in [2.24, 2.45) is 5.41 Å². The third-order valence-corrected chi connectivity index (χ3v) is 3.58. The molecule has 1 heterocycles. The van der Waals surface area contributed by atoms with Crippen LogP contribution in [0.1, 0.15) is 36.2 Å². The minimum Gasteiger partial charge on any atom is -0.478 e. The molecule has 1 aliphatic rings. The van der Waals surface area contributed by atoms with Crippen LogP contribution in [0.4, 0.5) is 4.79 Å². The molecule has 1 aromatic rings. The molecule has 20 heavy (non-hydrogen) atoms. The van der Waals surface area contributed by atoms with Crippen molar-refractivity contribution in [3.05, 3.63) is 35.4 Å². The van der Waals surface area contributed by atoms with Crippen LogP contribution in [0.25, 0.3) is 0 Å². The molecular formula is C15H20N2O3. The summed E-state index contributed by atoms with van der Waals surface area (Å²) in [7, 11) is 0. The number of aromatic carboxylic acids is 1. The van der Waals surface area contributed by atoms with Crippen LogP contribution in [0.5, 0.6) is 0 Å². The lowest BCUT2D eigenvalue weighted by Crippen LogP contribution is -2.38. The SMILES string of the molecule is CC1(C)CCN(C(=O)NCc2cccc(C(=O)O)c2)C1. The van der Waals surface area contributed by atoms with Crippen molar-refractivity contribution in [1.82, 2.24) is 10.2 Å². The average molecular weight is 276 g/mol. The number of nitrogens with zero attached hydrogens (tertiary/aromatic N) is 1. The summed E-state index contributed by atoms with van der Waals surface area (Å²) < 4.78 is 0. The number of amides is 2. The van der Waals surface area contributed by atoms with Crippen LogP contribution in [-0.2, 0) is 6.54 Å². The Morgan fingerprint density at radius 2 is 2.15 bits per heavy atom. The number of likely N-dealkylation sites (tertiary alicyclic amines) is 1. The molecule has 108 valence electrons. The smallest absolute Gasteiger partial charge is 0.335 e. The molecule has 1 fully saturated rings. The number of hydrogen-bond acceptors (Lipinski definition) is 2. The molecule has 2 amide bonds. The lowest BCUT2D eigenvalue weighted by atomic mass is 9.93. The number of carboxylic acid groups (broad SMARTS) is 1. The van der Waals surface area contributed by atoms with Crippen molar-refractivity contribution >= 4 is 12.0 Å². The van der Waals surface area contributed by atoms with Gasteiger partial charge in [0.2, 0.25) is 0 Å². The monoisotopic (exact) mass is 276 g/mol. The van der Waals surface area contributed by atoms with E-state index in [1.54, 1.807) is 23.1 Å². The summed E-state index contributed by atoms with van der Waals surface area (Å²) in [6, 6.07) is 6.52. The molecule has 1 aliphatic heterocycles. The van der Waals surface area contributed by atoms with Gasteiger partial charge in [-0.15, -0.1) is 0 Å². The number of nitrogens with one attached hydrogen (secondary N) is 1. The van der Waals surface area contributed by atoms with Gasteiger partial charge in [0.25, 0.3) is 0 Å². The Balaban J connectivity index is 1.91. The van der Waals surface area contributed by atoms with E-state index in [9.17, 15) is 9.59 Å². The minimum atomic E-state index is -0.959. The summed E-state index contributed by atoms with van der Waals surface area (Å²) in [6.07, 6.45) is 1.01. The van der Waals surface area contributed by atoms with Gasteiger partial charge in [0.05, 0.1) is 5.56 Å². The number of hydrogen-bond donors (Lipinski definition) is 2. The Morgan fingerprint density at radius 1 is 1.40 bits per heavy atom. The van der Waals surface area contributed by atoms with Gasteiger partial charge in [-0.2, -0.15) is 0 Å². The van der Waals surface area contributed by atoms with Crippen LogP contribution in [0, 0.1) is 5.41 Å². The fourth-order valence-electron chi connectivity index (χ4n) is 2.39. The average Bonchev–Trinajstić information content (AvgIpc) is 2.77. The summed E-state index contributed by atoms with van der Waals surface area (Å²) in [5, 5.41) is 11.8. The van der Waals surface area contributed by atoms with E-state index in [-0.39, 0.29) is 17.0 Å². The quantitative estimate of drug-likeness (QED) is 0.890. The zero-order valence-electron chi connectivity index (χ0n) is 11.8. The highest BCUT2D eigenvalue weighted by Crippen LogP contribution is 2.28. The van der Waals surface area contributed by atoms with Crippen LogP contribution in [0.2, 0.25) is 0 Å². The normalized spacial score (nSPS) is 17.0. The predicted molar refractivity (Wildman–Crippen MR) is 75.6 cm³/mol. The van der Waals surface area contributed by atoms with E-state index in [4.69, 9.17) is 5.11 Å². The van der Waals surface area contributed by atoms with Crippen molar-refractivity contribution in [2.45, 2.75) is 26.8 Å². The van der Waals surface area contributed by atoms with Crippen LogP contribution >= 0.6 is 0 Å². The first-order valence-electron chi connectivity index (χ1n) is 6.72. The van der Waals surface area contributed by atoms with Crippen LogP contribution in [-0.4, -0.2) is 35.1 Å². The maximum absolute atomic E-state index is 12.0. The molecule has 1 saturated heterocycles. The molecule has 0 unspecified atom stereocenters. The number of carboxylic acids is 1. The molecule has 0 saturated carbocycles. The number of benzene rings is 1. The van der Waals surface area contributed by atoms with Crippen molar-refractivity contribution in [3.8, 4) is 0 Å². The van der Waals surface area contributed by atoms with Crippen molar-refractivity contribution in [1.29, 1.82) is 0 Å². The largest absolute Gasteiger partial charge is 0.478 e. The summed E-state index contributed by atoms with van der Waals surface area (Å²) in [6.45, 7) is 6.17. The molecule has 0 aliphatic carbocycles. The third kappa shape index (κ3) is 3.50. The second-order valence-electron chi connectivity index (χ2n) is 6.00. The van der Waals surface area contributed by atoms with E-state index >= 15 is 0 Å². The summed E-state index contributed by atoms with van der Waals surface area (Å²) in [5.41, 5.74) is 1.20. The van der Waals surface area contributed by atoms with Gasteiger partial charge < -0.3 is 15.3 Å². The first-order chi connectivity index (χ1) is 9.37. The lowest BCUT2D eigenvalue weighted by molar-refractivity contribution is 0.0696. The van der Waals surface area contributed by atoms with Crippen molar-refractivity contribution < 1.29 is 14.7 Å². The Labute approximate surface area is 118 Å². The molecular weight excluding hydrogens is 256 g/mol. The topological polar surface area (TPSA) is 69.6 Å². The van der Waals surface area contributed by atoms with Gasteiger partial charge in [-0.05, 0) is 29.5 Å². The van der Waals surface area contributed by atoms with E-state index in [2.05, 4.69) is 19.2 Å². The Bertz CT molecular complexity index is 526. The molecule has 1 aromatic carbocycles. The van der Waals surface area contributed by atoms with Crippen LogP contribution < -0.4 is 5.32 Å². The second kappa shape index (κ2) is 5.53. The third-order valence-electron chi connectivity index (χ3n) is 3.58. The maximum Gasteiger partial charge on any atom is 0.335 e. The molecule has 2 rings (SSSR count). The molecule has 5 heteroatoms. The lowest BCUT2D eigenvalue weighted by Gasteiger charge is -2.20. The predicted octanol–water partition coefficient (Wildman–Crippen LogP) is 2.33. The zero-order chi connectivity index (χ0) is 14.8. The minimum absolute atomic E-state index is 0.0868. The van der Waals surface area contributed by atoms with Crippen LogP contribution in [0.15, 0.2) is 24.3 Å². The first kappa shape index (κ1) is 14.4. The Kier molecular flexibility index (Phi) is 3.97. The van der Waals surface area contributed by atoms with Gasteiger partial charge >= 0.3 is 12.0 Å².